The van der Waals surface area contributed by atoms with E-state index in [-0.39, 0.29) is 17.4 Å². The molecule has 42 heavy (non-hydrogen) atoms. The largest absolute Gasteiger partial charge is 0.361 e. The van der Waals surface area contributed by atoms with Gasteiger partial charge in [-0.1, -0.05) is 65.7 Å². The van der Waals surface area contributed by atoms with Crippen LogP contribution in [-0.4, -0.2) is 28.5 Å². The maximum absolute atomic E-state index is 13.5. The van der Waals surface area contributed by atoms with Crippen molar-refractivity contribution in [3.8, 4) is 0 Å². The molecule has 7 nitrogen and oxygen atoms in total. The molecule has 0 radical (unpaired) electrons. The van der Waals surface area contributed by atoms with Crippen LogP contribution in [0.2, 0.25) is 10.0 Å². The minimum atomic E-state index is -0.496. The highest BCUT2D eigenvalue weighted by Gasteiger charge is 2.16. The molecule has 0 spiro atoms. The summed E-state index contributed by atoms with van der Waals surface area (Å²) in [6.07, 6.45) is 3.42. The SMILES string of the molecule is O=C(CSc1cccc(NC(=O)/C(=C/c2c[nH]c3ccccc23)NC(=O)c2ccccc2)c1)Nc1ccc(Cl)c(Cl)c1. The van der Waals surface area contributed by atoms with Crippen molar-refractivity contribution in [3.05, 3.63) is 130 Å². The molecule has 3 amide bonds. The number of nitrogens with one attached hydrogen (secondary N) is 4. The van der Waals surface area contributed by atoms with E-state index in [4.69, 9.17) is 23.2 Å². The zero-order chi connectivity index (χ0) is 29.5. The van der Waals surface area contributed by atoms with Crippen molar-refractivity contribution >= 4 is 81.0 Å². The van der Waals surface area contributed by atoms with Crippen LogP contribution in [0.3, 0.4) is 0 Å². The maximum atomic E-state index is 13.5. The smallest absolute Gasteiger partial charge is 0.272 e. The van der Waals surface area contributed by atoms with Gasteiger partial charge in [0.1, 0.15) is 5.70 Å². The number of hydrogen-bond donors (Lipinski definition) is 4. The fraction of sp³-hybridized carbons (Fsp3) is 0.0312. The third-order valence-corrected chi connectivity index (χ3v) is 7.85. The van der Waals surface area contributed by atoms with Gasteiger partial charge < -0.3 is 20.9 Å². The van der Waals surface area contributed by atoms with Gasteiger partial charge in [0.15, 0.2) is 0 Å². The Hall–Kier alpha value is -4.50. The lowest BCUT2D eigenvalue weighted by Crippen LogP contribution is -2.30. The Morgan fingerprint density at radius 1 is 0.786 bits per heavy atom. The number of para-hydroxylation sites is 1. The first-order valence-corrected chi connectivity index (χ1v) is 14.5. The van der Waals surface area contributed by atoms with Crippen LogP contribution in [0.5, 0.6) is 0 Å². The Balaban J connectivity index is 1.30. The van der Waals surface area contributed by atoms with E-state index in [0.29, 0.717) is 27.0 Å². The van der Waals surface area contributed by atoms with Gasteiger partial charge in [0.05, 0.1) is 15.8 Å². The first-order chi connectivity index (χ1) is 20.4. The quantitative estimate of drug-likeness (QED) is 0.101. The minimum Gasteiger partial charge on any atom is -0.361 e. The second-order valence-electron chi connectivity index (χ2n) is 9.12. The highest BCUT2D eigenvalue weighted by Crippen LogP contribution is 2.26. The number of H-pyrrole nitrogens is 1. The number of thioether (sulfide) groups is 1. The standard InChI is InChI=1S/C32H24Cl2N4O3S/c33-26-14-13-23(17-27(26)34)36-30(39)19-42-24-10-6-9-22(16-24)37-32(41)29(38-31(40)20-7-2-1-3-8-20)15-21-18-35-28-12-5-4-11-25(21)28/h1-18,35H,19H2,(H,36,39)(H,37,41)(H,38,40)/b29-15-. The molecule has 210 valence electrons. The molecule has 0 aliphatic carbocycles. The Morgan fingerprint density at radius 2 is 1.55 bits per heavy atom. The van der Waals surface area contributed by atoms with Crippen molar-refractivity contribution in [2.75, 3.05) is 16.4 Å². The van der Waals surface area contributed by atoms with Crippen molar-refractivity contribution in [3.63, 3.8) is 0 Å². The average Bonchev–Trinajstić information content (AvgIpc) is 3.41. The van der Waals surface area contributed by atoms with E-state index in [1.165, 1.54) is 11.8 Å². The van der Waals surface area contributed by atoms with Gasteiger partial charge in [0.2, 0.25) is 5.91 Å². The summed E-state index contributed by atoms with van der Waals surface area (Å²) in [4.78, 5) is 42.9. The second kappa shape index (κ2) is 13.4. The van der Waals surface area contributed by atoms with Crippen LogP contribution in [-0.2, 0) is 9.59 Å². The van der Waals surface area contributed by atoms with Crippen LogP contribution < -0.4 is 16.0 Å². The number of rotatable bonds is 9. The summed E-state index contributed by atoms with van der Waals surface area (Å²) >= 11 is 13.3. The number of aromatic amines is 1. The van der Waals surface area contributed by atoms with Crippen LogP contribution >= 0.6 is 35.0 Å². The zero-order valence-corrected chi connectivity index (χ0v) is 24.3. The van der Waals surface area contributed by atoms with E-state index in [1.807, 2.05) is 36.4 Å². The molecular formula is C32H24Cl2N4O3S. The van der Waals surface area contributed by atoms with E-state index >= 15 is 0 Å². The number of anilines is 2. The molecule has 10 heteroatoms. The van der Waals surface area contributed by atoms with Crippen LogP contribution in [0.25, 0.3) is 17.0 Å². The molecule has 0 bridgehead atoms. The van der Waals surface area contributed by atoms with Gasteiger partial charge >= 0.3 is 0 Å². The van der Waals surface area contributed by atoms with Crippen molar-refractivity contribution < 1.29 is 14.4 Å². The molecule has 0 atom stereocenters. The van der Waals surface area contributed by atoms with Crippen LogP contribution in [0.15, 0.2) is 114 Å². The Morgan fingerprint density at radius 3 is 2.36 bits per heavy atom. The number of aromatic nitrogens is 1. The molecule has 0 aliphatic heterocycles. The second-order valence-corrected chi connectivity index (χ2v) is 11.0. The lowest BCUT2D eigenvalue weighted by atomic mass is 10.1. The molecule has 5 rings (SSSR count). The normalized spacial score (nSPS) is 11.2. The average molecular weight is 616 g/mol. The monoisotopic (exact) mass is 614 g/mol. The van der Waals surface area contributed by atoms with Crippen LogP contribution in [0.1, 0.15) is 15.9 Å². The molecule has 4 aromatic carbocycles. The molecule has 0 aliphatic rings. The molecule has 1 aromatic heterocycles. The van der Waals surface area contributed by atoms with E-state index in [0.717, 1.165) is 21.4 Å². The lowest BCUT2D eigenvalue weighted by Gasteiger charge is -2.12. The number of benzene rings is 4. The number of amides is 3. The number of carbonyl (C=O) groups is 3. The summed E-state index contributed by atoms with van der Waals surface area (Å²) in [5.41, 5.74) is 3.21. The summed E-state index contributed by atoms with van der Waals surface area (Å²) < 4.78 is 0. The fourth-order valence-corrected chi connectivity index (χ4v) is 5.15. The van der Waals surface area contributed by atoms with Gasteiger partial charge in [-0.25, -0.2) is 0 Å². The molecule has 1 heterocycles. The van der Waals surface area contributed by atoms with Gasteiger partial charge in [-0.3, -0.25) is 14.4 Å². The van der Waals surface area contributed by atoms with E-state index in [1.54, 1.807) is 72.9 Å². The topological polar surface area (TPSA) is 103 Å². The van der Waals surface area contributed by atoms with Crippen molar-refractivity contribution in [1.29, 1.82) is 0 Å². The molecule has 0 fully saturated rings. The highest BCUT2D eigenvalue weighted by atomic mass is 35.5. The molecule has 0 saturated carbocycles. The maximum Gasteiger partial charge on any atom is 0.272 e. The zero-order valence-electron chi connectivity index (χ0n) is 22.0. The fourth-order valence-electron chi connectivity index (χ4n) is 4.09. The summed E-state index contributed by atoms with van der Waals surface area (Å²) in [6.45, 7) is 0. The number of hydrogen-bond acceptors (Lipinski definition) is 4. The summed E-state index contributed by atoms with van der Waals surface area (Å²) in [5.74, 6) is -0.991. The number of halogens is 2. The molecule has 4 N–H and O–H groups in total. The Kier molecular flexibility index (Phi) is 9.28. The van der Waals surface area contributed by atoms with Gasteiger partial charge in [-0.05, 0) is 60.7 Å². The first-order valence-electron chi connectivity index (χ1n) is 12.8. The molecule has 0 saturated heterocycles. The van der Waals surface area contributed by atoms with Gasteiger partial charge in [0.25, 0.3) is 11.8 Å². The Bertz CT molecular complexity index is 1800. The highest BCUT2D eigenvalue weighted by molar-refractivity contribution is 8.00. The molecular weight excluding hydrogens is 591 g/mol. The van der Waals surface area contributed by atoms with Crippen LogP contribution in [0.4, 0.5) is 11.4 Å². The first kappa shape index (κ1) is 29.0. The predicted octanol–water partition coefficient (Wildman–Crippen LogP) is 7.62. The number of fused-ring (bicyclic) bond motifs is 1. The van der Waals surface area contributed by atoms with Crippen molar-refractivity contribution in [1.82, 2.24) is 10.3 Å². The molecule has 0 unspecified atom stereocenters. The summed E-state index contributed by atoms with van der Waals surface area (Å²) in [5, 5.41) is 10.1. The predicted molar refractivity (Wildman–Crippen MR) is 171 cm³/mol. The lowest BCUT2D eigenvalue weighted by molar-refractivity contribution is -0.114. The van der Waals surface area contributed by atoms with Crippen LogP contribution in [0, 0.1) is 0 Å². The van der Waals surface area contributed by atoms with E-state index in [2.05, 4.69) is 20.9 Å². The minimum absolute atomic E-state index is 0.0765. The van der Waals surface area contributed by atoms with Gasteiger partial charge in [-0.2, -0.15) is 0 Å². The summed E-state index contributed by atoms with van der Waals surface area (Å²) in [7, 11) is 0. The Labute approximate surface area is 256 Å². The van der Waals surface area contributed by atoms with Gasteiger partial charge in [0, 0.05) is 44.5 Å². The number of carbonyl (C=O) groups excluding carboxylic acids is 3. The van der Waals surface area contributed by atoms with Crippen molar-refractivity contribution in [2.24, 2.45) is 0 Å². The third-order valence-electron chi connectivity index (χ3n) is 6.12. The van der Waals surface area contributed by atoms with E-state index in [9.17, 15) is 14.4 Å². The van der Waals surface area contributed by atoms with Crippen molar-refractivity contribution in [2.45, 2.75) is 4.90 Å². The third kappa shape index (κ3) is 7.41. The summed E-state index contributed by atoms with van der Waals surface area (Å²) in [6, 6.07) is 28.4. The molecule has 5 aromatic rings. The van der Waals surface area contributed by atoms with Gasteiger partial charge in [-0.15, -0.1) is 11.8 Å². The van der Waals surface area contributed by atoms with E-state index < -0.39 is 11.8 Å².